The summed E-state index contributed by atoms with van der Waals surface area (Å²) in [6.07, 6.45) is 1.24. The van der Waals surface area contributed by atoms with Gasteiger partial charge in [-0.1, -0.05) is 0 Å². The molecule has 0 amide bonds. The average Bonchev–Trinajstić information content (AvgIpc) is 2.83. The van der Waals surface area contributed by atoms with Crippen LogP contribution in [0.2, 0.25) is 0 Å². The van der Waals surface area contributed by atoms with Crippen LogP contribution in [0.4, 0.5) is 0 Å². The maximum Gasteiger partial charge on any atom is 0.119 e. The van der Waals surface area contributed by atoms with E-state index in [9.17, 15) is 10.2 Å². The predicted octanol–water partition coefficient (Wildman–Crippen LogP) is 2.48. The normalized spacial score (nSPS) is 21.5. The number of phenolic OH excluding ortho intramolecular Hbond substituents is 2. The van der Waals surface area contributed by atoms with E-state index in [1.807, 2.05) is 0 Å². The fourth-order valence-corrected chi connectivity index (χ4v) is 2.83. The van der Waals surface area contributed by atoms with Gasteiger partial charge in [0.1, 0.15) is 11.5 Å². The van der Waals surface area contributed by atoms with Crippen molar-refractivity contribution in [3.05, 3.63) is 23.8 Å². The summed E-state index contributed by atoms with van der Waals surface area (Å²) in [4.78, 5) is 2.51. The minimum absolute atomic E-state index is 0.112. The molecule has 0 spiro atoms. The Labute approximate surface area is 121 Å². The Balaban J connectivity index is 1.85. The molecule has 1 aromatic rings. The molecule has 1 aromatic carbocycles. The highest BCUT2D eigenvalue weighted by Gasteiger charge is 2.24. The molecule has 0 saturated carbocycles. The molecule has 4 heteroatoms. The van der Waals surface area contributed by atoms with Gasteiger partial charge in [-0.05, 0) is 63.9 Å². The Bertz CT molecular complexity index is 428. The minimum atomic E-state index is 0.112. The van der Waals surface area contributed by atoms with Gasteiger partial charge in [0.25, 0.3) is 0 Å². The van der Waals surface area contributed by atoms with Crippen LogP contribution >= 0.6 is 0 Å². The monoisotopic (exact) mass is 278 g/mol. The van der Waals surface area contributed by atoms with Crippen molar-refractivity contribution in [1.82, 2.24) is 10.2 Å². The van der Waals surface area contributed by atoms with Crippen LogP contribution < -0.4 is 5.32 Å². The molecule has 112 valence electrons. The lowest BCUT2D eigenvalue weighted by Gasteiger charge is -2.21. The largest absolute Gasteiger partial charge is 0.508 e. The van der Waals surface area contributed by atoms with E-state index >= 15 is 0 Å². The number of nitrogens with one attached hydrogen (secondary N) is 1. The Morgan fingerprint density at radius 2 is 1.85 bits per heavy atom. The molecule has 0 radical (unpaired) electrons. The number of likely N-dealkylation sites (tertiary alicyclic amines) is 1. The molecule has 2 rings (SSSR count). The average molecular weight is 278 g/mol. The predicted molar refractivity (Wildman–Crippen MR) is 81.0 cm³/mol. The molecule has 1 saturated heterocycles. The van der Waals surface area contributed by atoms with Crippen LogP contribution in [-0.4, -0.2) is 40.8 Å². The van der Waals surface area contributed by atoms with Crippen LogP contribution in [0.1, 0.15) is 38.8 Å². The molecule has 20 heavy (non-hydrogen) atoms. The van der Waals surface area contributed by atoms with E-state index in [1.54, 1.807) is 12.1 Å². The molecule has 0 aliphatic carbocycles. The number of rotatable bonds is 5. The van der Waals surface area contributed by atoms with Crippen LogP contribution in [-0.2, 0) is 0 Å². The van der Waals surface area contributed by atoms with Crippen molar-refractivity contribution in [2.75, 3.05) is 19.6 Å². The zero-order valence-electron chi connectivity index (χ0n) is 12.6. The third kappa shape index (κ3) is 3.87. The van der Waals surface area contributed by atoms with Crippen molar-refractivity contribution in [3.8, 4) is 11.5 Å². The summed E-state index contributed by atoms with van der Waals surface area (Å²) >= 11 is 0. The van der Waals surface area contributed by atoms with Gasteiger partial charge in [0.2, 0.25) is 0 Å². The molecular formula is C16H26N2O2. The van der Waals surface area contributed by atoms with Crippen LogP contribution in [0.15, 0.2) is 18.2 Å². The molecule has 1 aliphatic rings. The molecule has 1 heterocycles. The number of nitrogens with zero attached hydrogens (tertiary/aromatic N) is 1. The van der Waals surface area contributed by atoms with Gasteiger partial charge in [0, 0.05) is 24.7 Å². The van der Waals surface area contributed by atoms with E-state index in [0.717, 1.165) is 18.7 Å². The first kappa shape index (κ1) is 15.1. The number of aromatic hydroxyl groups is 2. The van der Waals surface area contributed by atoms with Crippen molar-refractivity contribution in [2.45, 2.75) is 39.3 Å². The maximum absolute atomic E-state index is 9.52. The van der Waals surface area contributed by atoms with Gasteiger partial charge in [0.15, 0.2) is 0 Å². The van der Waals surface area contributed by atoms with Crippen molar-refractivity contribution in [1.29, 1.82) is 0 Å². The standard InChI is InChI=1S/C16H26N2O2/c1-11(2)18-5-4-13(10-18)9-17-12(3)14-6-15(19)8-16(20)7-14/h6-8,11-13,17,19-20H,4-5,9-10H2,1-3H3. The van der Waals surface area contributed by atoms with Crippen molar-refractivity contribution in [2.24, 2.45) is 5.92 Å². The van der Waals surface area contributed by atoms with E-state index in [-0.39, 0.29) is 17.5 Å². The van der Waals surface area contributed by atoms with Gasteiger partial charge >= 0.3 is 0 Å². The van der Waals surface area contributed by atoms with Crippen molar-refractivity contribution < 1.29 is 10.2 Å². The molecule has 2 unspecified atom stereocenters. The maximum atomic E-state index is 9.52. The first-order valence-electron chi connectivity index (χ1n) is 7.46. The van der Waals surface area contributed by atoms with Crippen molar-refractivity contribution >= 4 is 0 Å². The molecular weight excluding hydrogens is 252 g/mol. The van der Waals surface area contributed by atoms with Gasteiger partial charge in [-0.15, -0.1) is 0 Å². The molecule has 0 bridgehead atoms. The number of hydrogen-bond donors (Lipinski definition) is 3. The van der Waals surface area contributed by atoms with E-state index < -0.39 is 0 Å². The molecule has 0 aromatic heterocycles. The SMILES string of the molecule is CC(NCC1CCN(C(C)C)C1)c1cc(O)cc(O)c1. The summed E-state index contributed by atoms with van der Waals surface area (Å²) in [5.41, 5.74) is 0.918. The molecule has 2 atom stereocenters. The second-order valence-electron chi connectivity index (χ2n) is 6.16. The van der Waals surface area contributed by atoms with Crippen LogP contribution in [0, 0.1) is 5.92 Å². The van der Waals surface area contributed by atoms with Crippen LogP contribution in [0.5, 0.6) is 11.5 Å². The fourth-order valence-electron chi connectivity index (χ4n) is 2.83. The first-order chi connectivity index (χ1) is 9.45. The van der Waals surface area contributed by atoms with Gasteiger partial charge in [0.05, 0.1) is 0 Å². The quantitative estimate of drug-likeness (QED) is 0.774. The summed E-state index contributed by atoms with van der Waals surface area (Å²) < 4.78 is 0. The second-order valence-corrected chi connectivity index (χ2v) is 6.16. The lowest BCUT2D eigenvalue weighted by molar-refractivity contribution is 0.263. The van der Waals surface area contributed by atoms with Gasteiger partial charge in [-0.2, -0.15) is 0 Å². The minimum Gasteiger partial charge on any atom is -0.508 e. The second kappa shape index (κ2) is 6.46. The van der Waals surface area contributed by atoms with Crippen molar-refractivity contribution in [3.63, 3.8) is 0 Å². The zero-order chi connectivity index (χ0) is 14.7. The smallest absolute Gasteiger partial charge is 0.119 e. The lowest BCUT2D eigenvalue weighted by atomic mass is 10.1. The Kier molecular flexibility index (Phi) is 4.89. The molecule has 1 aliphatic heterocycles. The highest BCUT2D eigenvalue weighted by atomic mass is 16.3. The lowest BCUT2D eigenvalue weighted by Crippen LogP contribution is -2.31. The number of hydrogen-bond acceptors (Lipinski definition) is 4. The fraction of sp³-hybridized carbons (Fsp3) is 0.625. The van der Waals surface area contributed by atoms with E-state index in [1.165, 1.54) is 19.0 Å². The Morgan fingerprint density at radius 3 is 2.40 bits per heavy atom. The molecule has 4 nitrogen and oxygen atoms in total. The molecule has 3 N–H and O–H groups in total. The first-order valence-corrected chi connectivity index (χ1v) is 7.46. The third-order valence-electron chi connectivity index (χ3n) is 4.19. The van der Waals surface area contributed by atoms with E-state index in [2.05, 4.69) is 31.0 Å². The Morgan fingerprint density at radius 1 is 1.20 bits per heavy atom. The van der Waals surface area contributed by atoms with Gasteiger partial charge in [-0.25, -0.2) is 0 Å². The summed E-state index contributed by atoms with van der Waals surface area (Å²) in [6, 6.07) is 5.51. The summed E-state index contributed by atoms with van der Waals surface area (Å²) in [6.45, 7) is 9.86. The number of benzene rings is 1. The Hall–Kier alpha value is -1.26. The van der Waals surface area contributed by atoms with Gasteiger partial charge in [-0.3, -0.25) is 0 Å². The third-order valence-corrected chi connectivity index (χ3v) is 4.19. The van der Waals surface area contributed by atoms with Crippen LogP contribution in [0.25, 0.3) is 0 Å². The molecule has 1 fully saturated rings. The highest BCUT2D eigenvalue weighted by molar-refractivity contribution is 5.37. The number of phenols is 2. The highest BCUT2D eigenvalue weighted by Crippen LogP contribution is 2.25. The van der Waals surface area contributed by atoms with E-state index in [0.29, 0.717) is 12.0 Å². The topological polar surface area (TPSA) is 55.7 Å². The summed E-state index contributed by atoms with van der Waals surface area (Å²) in [5, 5.41) is 22.6. The van der Waals surface area contributed by atoms with Crippen LogP contribution in [0.3, 0.4) is 0 Å². The van der Waals surface area contributed by atoms with Gasteiger partial charge < -0.3 is 20.4 Å². The zero-order valence-corrected chi connectivity index (χ0v) is 12.6. The summed E-state index contributed by atoms with van der Waals surface area (Å²) in [7, 11) is 0. The summed E-state index contributed by atoms with van der Waals surface area (Å²) in [5.74, 6) is 0.909. The van der Waals surface area contributed by atoms with E-state index in [4.69, 9.17) is 0 Å².